The van der Waals surface area contributed by atoms with Crippen LogP contribution in [0, 0.1) is 6.92 Å². The molecule has 0 saturated heterocycles. The highest BCUT2D eigenvalue weighted by Crippen LogP contribution is 2.33. The maximum atomic E-state index is 12.5. The van der Waals surface area contributed by atoms with Crippen LogP contribution in [-0.4, -0.2) is 20.0 Å². The van der Waals surface area contributed by atoms with Crippen molar-refractivity contribution in [3.05, 3.63) is 93.5 Å². The number of aryl methyl sites for hydroxylation is 1. The Balaban J connectivity index is 1.79. The summed E-state index contributed by atoms with van der Waals surface area (Å²) < 4.78 is 16.9. The van der Waals surface area contributed by atoms with Crippen LogP contribution in [0.25, 0.3) is 6.08 Å². The monoisotopic (exact) mass is 464 g/mol. The molecule has 0 spiro atoms. The van der Waals surface area contributed by atoms with Gasteiger partial charge in [-0.2, -0.15) is 0 Å². The van der Waals surface area contributed by atoms with E-state index < -0.39 is 0 Å². The number of carbonyl (C=O) groups excluding carboxylic acids is 1. The second-order valence-corrected chi connectivity index (χ2v) is 8.49. The van der Waals surface area contributed by atoms with Crippen LogP contribution in [0.2, 0.25) is 5.02 Å². The number of allylic oxidation sites excluding steroid dienone is 1. The summed E-state index contributed by atoms with van der Waals surface area (Å²) in [7, 11) is 3.23. The van der Waals surface area contributed by atoms with Crippen LogP contribution in [-0.2, 0) is 6.61 Å². The van der Waals surface area contributed by atoms with E-state index in [2.05, 4.69) is 13.8 Å². The first-order chi connectivity index (χ1) is 15.8. The molecule has 0 N–H and O–H groups in total. The minimum atomic E-state index is -0.0792. The van der Waals surface area contributed by atoms with Crippen molar-refractivity contribution >= 4 is 23.5 Å². The van der Waals surface area contributed by atoms with Gasteiger partial charge in [-0.15, -0.1) is 0 Å². The Kier molecular flexibility index (Phi) is 8.18. The van der Waals surface area contributed by atoms with E-state index in [1.165, 1.54) is 0 Å². The molecule has 5 heteroatoms. The van der Waals surface area contributed by atoms with Crippen molar-refractivity contribution in [3.8, 4) is 17.2 Å². The second kappa shape index (κ2) is 11.1. The van der Waals surface area contributed by atoms with Gasteiger partial charge in [-0.05, 0) is 84.1 Å². The molecular weight excluding hydrogens is 436 g/mol. The number of carbonyl (C=O) groups is 1. The predicted molar refractivity (Wildman–Crippen MR) is 134 cm³/mol. The van der Waals surface area contributed by atoms with Crippen LogP contribution in [0.5, 0.6) is 17.2 Å². The van der Waals surface area contributed by atoms with Crippen molar-refractivity contribution < 1.29 is 19.0 Å². The molecule has 0 aromatic heterocycles. The fourth-order valence-corrected chi connectivity index (χ4v) is 3.61. The van der Waals surface area contributed by atoms with Gasteiger partial charge < -0.3 is 14.2 Å². The fraction of sp³-hybridized carbons (Fsp3) is 0.250. The van der Waals surface area contributed by atoms with Crippen molar-refractivity contribution in [2.24, 2.45) is 0 Å². The number of rotatable bonds is 9. The highest BCUT2D eigenvalue weighted by molar-refractivity contribution is 6.31. The highest BCUT2D eigenvalue weighted by atomic mass is 35.5. The third kappa shape index (κ3) is 6.17. The lowest BCUT2D eigenvalue weighted by atomic mass is 10.0. The molecule has 0 radical (unpaired) electrons. The molecule has 0 fully saturated rings. The first-order valence-electron chi connectivity index (χ1n) is 10.8. The van der Waals surface area contributed by atoms with Crippen molar-refractivity contribution in [1.29, 1.82) is 0 Å². The van der Waals surface area contributed by atoms with Crippen molar-refractivity contribution in [1.82, 2.24) is 0 Å². The van der Waals surface area contributed by atoms with E-state index in [0.29, 0.717) is 17.9 Å². The number of benzene rings is 3. The smallest absolute Gasteiger partial charge is 0.185 e. The summed E-state index contributed by atoms with van der Waals surface area (Å²) in [6.45, 7) is 6.52. The van der Waals surface area contributed by atoms with Gasteiger partial charge in [0.15, 0.2) is 5.78 Å². The normalized spacial score (nSPS) is 11.1. The van der Waals surface area contributed by atoms with Crippen LogP contribution in [0.1, 0.15) is 52.4 Å². The summed E-state index contributed by atoms with van der Waals surface area (Å²) in [5.41, 5.74) is 4.40. The Morgan fingerprint density at radius 3 is 2.33 bits per heavy atom. The molecule has 0 saturated carbocycles. The van der Waals surface area contributed by atoms with E-state index >= 15 is 0 Å². The van der Waals surface area contributed by atoms with Crippen LogP contribution >= 0.6 is 11.6 Å². The van der Waals surface area contributed by atoms with Gasteiger partial charge in [0, 0.05) is 16.1 Å². The Bertz CT molecular complexity index is 1150. The molecule has 3 rings (SSSR count). The Labute approximate surface area is 200 Å². The molecule has 0 heterocycles. The summed E-state index contributed by atoms with van der Waals surface area (Å²) in [4.78, 5) is 12.5. The van der Waals surface area contributed by atoms with Crippen molar-refractivity contribution in [2.75, 3.05) is 14.2 Å². The molecule has 0 amide bonds. The molecule has 0 bridgehead atoms. The van der Waals surface area contributed by atoms with Crippen LogP contribution < -0.4 is 14.2 Å². The van der Waals surface area contributed by atoms with E-state index in [4.69, 9.17) is 25.8 Å². The maximum absolute atomic E-state index is 12.5. The molecule has 0 aliphatic carbocycles. The van der Waals surface area contributed by atoms with Crippen molar-refractivity contribution in [2.45, 2.75) is 33.3 Å². The van der Waals surface area contributed by atoms with E-state index in [1.54, 1.807) is 50.6 Å². The number of hydrogen-bond acceptors (Lipinski definition) is 4. The van der Waals surface area contributed by atoms with Crippen molar-refractivity contribution in [3.63, 3.8) is 0 Å². The van der Waals surface area contributed by atoms with Gasteiger partial charge in [0.2, 0.25) is 0 Å². The summed E-state index contributed by atoms with van der Waals surface area (Å²) in [6.07, 6.45) is 3.36. The summed E-state index contributed by atoms with van der Waals surface area (Å²) in [5, 5.41) is 0.734. The highest BCUT2D eigenvalue weighted by Gasteiger charge is 2.13. The summed E-state index contributed by atoms with van der Waals surface area (Å²) >= 11 is 6.32. The topological polar surface area (TPSA) is 44.8 Å². The second-order valence-electron chi connectivity index (χ2n) is 8.08. The lowest BCUT2D eigenvalue weighted by Gasteiger charge is -2.17. The van der Waals surface area contributed by atoms with E-state index in [9.17, 15) is 4.79 Å². The number of ether oxygens (including phenoxy) is 3. The largest absolute Gasteiger partial charge is 0.497 e. The standard InChI is InChI=1S/C28H29ClO4/c1-18(2)24-16-25(29)19(3)14-28(24)33-17-22-15-20(7-13-27(22)32-5)6-12-26(30)21-8-10-23(31-4)11-9-21/h6-16,18H,17H2,1-5H3. The lowest BCUT2D eigenvalue weighted by Crippen LogP contribution is -2.03. The minimum Gasteiger partial charge on any atom is -0.497 e. The van der Waals surface area contributed by atoms with Gasteiger partial charge in [0.05, 0.1) is 14.2 Å². The number of hydrogen-bond donors (Lipinski definition) is 0. The zero-order valence-electron chi connectivity index (χ0n) is 19.6. The molecule has 172 valence electrons. The average molecular weight is 465 g/mol. The van der Waals surface area contributed by atoms with Gasteiger partial charge >= 0.3 is 0 Å². The maximum Gasteiger partial charge on any atom is 0.185 e. The molecule has 0 aliphatic rings. The number of ketones is 1. The SMILES string of the molecule is COc1ccc(C(=O)C=Cc2ccc(OC)c(COc3cc(C)c(Cl)cc3C(C)C)c2)cc1. The molecule has 0 aliphatic heterocycles. The van der Waals surface area contributed by atoms with E-state index in [1.807, 2.05) is 37.3 Å². The third-order valence-corrected chi connectivity index (χ3v) is 5.81. The molecule has 4 nitrogen and oxygen atoms in total. The third-order valence-electron chi connectivity index (χ3n) is 5.40. The quantitative estimate of drug-likeness (QED) is 0.247. The number of methoxy groups -OCH3 is 2. The molecule has 3 aromatic rings. The molecule has 0 unspecified atom stereocenters. The first kappa shape index (κ1) is 24.4. The van der Waals surface area contributed by atoms with Gasteiger partial charge in [0.1, 0.15) is 23.9 Å². The van der Waals surface area contributed by atoms with E-state index in [0.717, 1.165) is 38.8 Å². The van der Waals surface area contributed by atoms with Gasteiger partial charge in [-0.3, -0.25) is 4.79 Å². The van der Waals surface area contributed by atoms with E-state index in [-0.39, 0.29) is 11.7 Å². The van der Waals surface area contributed by atoms with Crippen LogP contribution in [0.3, 0.4) is 0 Å². The summed E-state index contributed by atoms with van der Waals surface area (Å²) in [6, 6.07) is 16.7. The Morgan fingerprint density at radius 2 is 1.70 bits per heavy atom. The lowest BCUT2D eigenvalue weighted by molar-refractivity contribution is 0.104. The predicted octanol–water partition coefficient (Wildman–Crippen LogP) is 7.26. The zero-order chi connectivity index (χ0) is 24.0. The number of halogens is 1. The zero-order valence-corrected chi connectivity index (χ0v) is 20.4. The summed E-state index contributed by atoms with van der Waals surface area (Å²) in [5.74, 6) is 2.45. The van der Waals surface area contributed by atoms with Gasteiger partial charge in [-0.25, -0.2) is 0 Å². The van der Waals surface area contributed by atoms with Crippen LogP contribution in [0.15, 0.2) is 60.7 Å². The minimum absolute atomic E-state index is 0.0792. The molecule has 3 aromatic carbocycles. The molecule has 33 heavy (non-hydrogen) atoms. The molecular formula is C28H29ClO4. The van der Waals surface area contributed by atoms with Gasteiger partial charge in [0.25, 0.3) is 0 Å². The molecule has 0 atom stereocenters. The van der Waals surface area contributed by atoms with Crippen LogP contribution in [0.4, 0.5) is 0 Å². The Morgan fingerprint density at radius 1 is 0.970 bits per heavy atom. The Hall–Kier alpha value is -3.24. The fourth-order valence-electron chi connectivity index (χ4n) is 3.44. The average Bonchev–Trinajstić information content (AvgIpc) is 2.82. The van der Waals surface area contributed by atoms with Gasteiger partial charge in [-0.1, -0.05) is 37.6 Å². The first-order valence-corrected chi connectivity index (χ1v) is 11.2.